The van der Waals surface area contributed by atoms with Gasteiger partial charge >= 0.3 is 0 Å². The summed E-state index contributed by atoms with van der Waals surface area (Å²) < 4.78 is 0.820. The maximum atomic E-state index is 14.0. The molecule has 4 rings (SSSR count). The van der Waals surface area contributed by atoms with Crippen LogP contribution in [0.25, 0.3) is 10.2 Å². The van der Waals surface area contributed by atoms with Crippen molar-refractivity contribution in [3.05, 3.63) is 101 Å². The van der Waals surface area contributed by atoms with Gasteiger partial charge in [0, 0.05) is 24.9 Å². The number of rotatable bonds is 17. The van der Waals surface area contributed by atoms with Gasteiger partial charge in [-0.1, -0.05) is 60.7 Å². The number of thiazole rings is 1. The monoisotopic (exact) mass is 670 g/mol. The molecule has 1 heterocycles. The maximum absolute atomic E-state index is 14.0. The quantitative estimate of drug-likeness (QED) is 0.0419. The van der Waals surface area contributed by atoms with Crippen molar-refractivity contribution in [3.63, 3.8) is 0 Å². The lowest BCUT2D eigenvalue weighted by Gasteiger charge is -2.25. The Morgan fingerprint density at radius 3 is 2.02 bits per heavy atom. The summed E-state index contributed by atoms with van der Waals surface area (Å²) in [5.74, 6) is -3.00. The van der Waals surface area contributed by atoms with E-state index in [1.54, 1.807) is 60.7 Å². The van der Waals surface area contributed by atoms with E-state index in [9.17, 15) is 24.0 Å². The van der Waals surface area contributed by atoms with Crippen LogP contribution >= 0.6 is 11.3 Å². The maximum Gasteiger partial charge on any atom is 0.251 e. The van der Waals surface area contributed by atoms with Crippen molar-refractivity contribution in [2.75, 3.05) is 6.54 Å². The summed E-state index contributed by atoms with van der Waals surface area (Å²) in [5, 5.41) is 8.43. The number of aliphatic imine (C=N–C) groups is 1. The first-order valence-electron chi connectivity index (χ1n) is 15.3. The number of para-hydroxylation sites is 1. The molecule has 14 heteroatoms. The third-order valence-electron chi connectivity index (χ3n) is 7.34. The van der Waals surface area contributed by atoms with E-state index in [4.69, 9.17) is 17.2 Å². The van der Waals surface area contributed by atoms with Gasteiger partial charge in [0.25, 0.3) is 5.91 Å². The molecule has 4 amide bonds. The van der Waals surface area contributed by atoms with Crippen LogP contribution < -0.4 is 33.2 Å². The number of amides is 4. The van der Waals surface area contributed by atoms with Gasteiger partial charge < -0.3 is 33.2 Å². The van der Waals surface area contributed by atoms with Gasteiger partial charge in [-0.15, -0.1) is 11.3 Å². The number of nitrogens with one attached hydrogen (secondary N) is 3. The summed E-state index contributed by atoms with van der Waals surface area (Å²) >= 11 is 1.21. The number of benzene rings is 3. The Bertz CT molecular complexity index is 1730. The molecule has 0 aliphatic carbocycles. The van der Waals surface area contributed by atoms with Crippen LogP contribution in [0.4, 0.5) is 0 Å². The highest BCUT2D eigenvalue weighted by atomic mass is 32.1. The molecule has 9 N–H and O–H groups in total. The highest BCUT2D eigenvalue weighted by Gasteiger charge is 2.31. The zero-order valence-electron chi connectivity index (χ0n) is 26.1. The van der Waals surface area contributed by atoms with E-state index in [1.165, 1.54) is 11.3 Å². The minimum atomic E-state index is -1.18. The first-order valence-corrected chi connectivity index (χ1v) is 16.2. The lowest BCUT2D eigenvalue weighted by Crippen LogP contribution is -2.56. The standard InChI is InChI=1S/C34H38N8O5S/c35-28(43)18-17-25(40-30(45)22-12-5-2-6-13-22)31(46)41-26(20-21-10-3-1-4-11-21)32(47)39-24(15-9-19-38-34(36)37)29(44)33-42-23-14-7-8-16-27(23)48-33/h1-8,10-14,16,24-26H,9,15,17-20H2,(H2,35,43)(H,39,47)(H,40,45)(H,41,46)(H4,36,37,38)/t24-,25-,26-/m0/s1. The number of hydrogen-bond donors (Lipinski definition) is 6. The van der Waals surface area contributed by atoms with Gasteiger partial charge in [0.1, 0.15) is 12.1 Å². The molecule has 0 saturated heterocycles. The molecule has 0 fully saturated rings. The molecule has 0 bridgehead atoms. The first-order chi connectivity index (χ1) is 23.1. The Morgan fingerprint density at radius 1 is 0.729 bits per heavy atom. The van der Waals surface area contributed by atoms with E-state index >= 15 is 0 Å². The number of fused-ring (bicyclic) bond motifs is 1. The zero-order chi connectivity index (χ0) is 34.5. The van der Waals surface area contributed by atoms with Crippen LogP contribution in [0.3, 0.4) is 0 Å². The molecule has 13 nitrogen and oxygen atoms in total. The fraction of sp³-hybridized carbons (Fsp3) is 0.265. The Hall–Kier alpha value is -5.63. The van der Waals surface area contributed by atoms with Crippen LogP contribution in [0.2, 0.25) is 0 Å². The molecule has 1 aromatic heterocycles. The SMILES string of the molecule is NC(=O)CC[C@H](NC(=O)c1ccccc1)C(=O)N[C@@H](Cc1ccccc1)C(=O)N[C@@H](CCCN=C(N)N)C(=O)c1nc2ccccc2s1. The summed E-state index contributed by atoms with van der Waals surface area (Å²) in [5.41, 5.74) is 18.0. The predicted octanol–water partition coefficient (Wildman–Crippen LogP) is 1.81. The van der Waals surface area contributed by atoms with E-state index in [-0.39, 0.29) is 43.2 Å². The molecular weight excluding hydrogens is 632 g/mol. The fourth-order valence-corrected chi connectivity index (χ4v) is 5.85. The Labute approximate surface area is 281 Å². The lowest BCUT2D eigenvalue weighted by molar-refractivity contribution is -0.130. The van der Waals surface area contributed by atoms with Crippen LogP contribution in [0.1, 0.15) is 51.4 Å². The topological polar surface area (TPSA) is 225 Å². The van der Waals surface area contributed by atoms with Gasteiger partial charge in [-0.25, -0.2) is 4.98 Å². The van der Waals surface area contributed by atoms with Crippen LogP contribution in [0.15, 0.2) is 89.9 Å². The fourth-order valence-electron chi connectivity index (χ4n) is 4.89. The van der Waals surface area contributed by atoms with Crippen molar-refractivity contribution in [3.8, 4) is 0 Å². The molecule has 4 aromatic rings. The largest absolute Gasteiger partial charge is 0.370 e. The summed E-state index contributed by atoms with van der Waals surface area (Å²) in [7, 11) is 0. The average molecular weight is 671 g/mol. The van der Waals surface area contributed by atoms with Crippen LogP contribution in [-0.4, -0.2) is 65.0 Å². The van der Waals surface area contributed by atoms with Gasteiger partial charge in [0.2, 0.25) is 23.5 Å². The van der Waals surface area contributed by atoms with Crippen LogP contribution in [0.5, 0.6) is 0 Å². The van der Waals surface area contributed by atoms with Gasteiger partial charge in [-0.2, -0.15) is 0 Å². The predicted molar refractivity (Wildman–Crippen MR) is 184 cm³/mol. The van der Waals surface area contributed by atoms with Crippen molar-refractivity contribution in [1.29, 1.82) is 0 Å². The second-order valence-corrected chi connectivity index (χ2v) is 12.0. The van der Waals surface area contributed by atoms with Crippen molar-refractivity contribution in [2.24, 2.45) is 22.2 Å². The van der Waals surface area contributed by atoms with E-state index in [2.05, 4.69) is 25.9 Å². The molecule has 250 valence electrons. The number of nitrogens with two attached hydrogens (primary N) is 3. The Morgan fingerprint density at radius 2 is 1.35 bits per heavy atom. The van der Waals surface area contributed by atoms with Gasteiger partial charge in [0.05, 0.1) is 16.3 Å². The Kier molecular flexibility index (Phi) is 12.7. The molecule has 48 heavy (non-hydrogen) atoms. The normalized spacial score (nSPS) is 12.7. The van der Waals surface area contributed by atoms with Crippen LogP contribution in [-0.2, 0) is 20.8 Å². The lowest BCUT2D eigenvalue weighted by atomic mass is 10.0. The number of carbonyl (C=O) groups excluding carboxylic acids is 5. The van der Waals surface area contributed by atoms with Crippen molar-refractivity contribution in [1.82, 2.24) is 20.9 Å². The first kappa shape index (κ1) is 35.2. The minimum Gasteiger partial charge on any atom is -0.370 e. The second kappa shape index (κ2) is 17.3. The number of nitrogens with zero attached hydrogens (tertiary/aromatic N) is 2. The summed E-state index contributed by atoms with van der Waals surface area (Å²) in [6.07, 6.45) is 0.358. The molecular formula is C34H38N8O5S. The third-order valence-corrected chi connectivity index (χ3v) is 8.39. The van der Waals surface area contributed by atoms with Crippen molar-refractivity contribution >= 4 is 56.9 Å². The van der Waals surface area contributed by atoms with Crippen LogP contribution in [0, 0.1) is 0 Å². The average Bonchev–Trinajstić information content (AvgIpc) is 3.52. The van der Waals surface area contributed by atoms with E-state index in [1.807, 2.05) is 24.3 Å². The smallest absolute Gasteiger partial charge is 0.251 e. The number of aromatic nitrogens is 1. The van der Waals surface area contributed by atoms with Gasteiger partial charge in [-0.3, -0.25) is 29.0 Å². The number of primary amides is 1. The molecule has 0 radical (unpaired) electrons. The number of Topliss-reactive ketones (excluding diaryl/α,β-unsaturated/α-hetero) is 1. The molecule has 0 aliphatic heterocycles. The van der Waals surface area contributed by atoms with Crippen molar-refractivity contribution < 1.29 is 24.0 Å². The molecule has 0 spiro atoms. The molecule has 0 unspecified atom stereocenters. The number of ketones is 1. The summed E-state index contributed by atoms with van der Waals surface area (Å²) in [6.45, 7) is 0.231. The highest BCUT2D eigenvalue weighted by molar-refractivity contribution is 7.20. The van der Waals surface area contributed by atoms with E-state index in [0.717, 1.165) is 10.3 Å². The van der Waals surface area contributed by atoms with E-state index in [0.29, 0.717) is 17.5 Å². The van der Waals surface area contributed by atoms with Gasteiger partial charge in [0.15, 0.2) is 11.0 Å². The second-order valence-electron chi connectivity index (χ2n) is 11.0. The highest BCUT2D eigenvalue weighted by Crippen LogP contribution is 2.23. The molecule has 0 saturated carbocycles. The number of hydrogen-bond acceptors (Lipinski definition) is 8. The van der Waals surface area contributed by atoms with Crippen molar-refractivity contribution in [2.45, 2.75) is 50.2 Å². The third kappa shape index (κ3) is 10.5. The molecule has 3 aromatic carbocycles. The van der Waals surface area contributed by atoms with E-state index < -0.39 is 47.5 Å². The Balaban J connectivity index is 1.58. The molecule has 0 aliphatic rings. The molecule has 3 atom stereocenters. The summed E-state index contributed by atoms with van der Waals surface area (Å²) in [4.78, 5) is 74.4. The number of carbonyl (C=O) groups is 5. The van der Waals surface area contributed by atoms with Gasteiger partial charge in [-0.05, 0) is 49.1 Å². The summed E-state index contributed by atoms with van der Waals surface area (Å²) in [6, 6.07) is 21.2. The zero-order valence-corrected chi connectivity index (χ0v) is 27.0. The number of guanidine groups is 1. The minimum absolute atomic E-state index is 0.0730.